The van der Waals surface area contributed by atoms with Crippen LogP contribution in [0.3, 0.4) is 0 Å². The van der Waals surface area contributed by atoms with E-state index in [9.17, 15) is 0 Å². The minimum Gasteiger partial charge on any atom is -0.297 e. The van der Waals surface area contributed by atoms with E-state index in [0.29, 0.717) is 4.05 Å². The van der Waals surface area contributed by atoms with Gasteiger partial charge >= 0.3 is 0 Å². The van der Waals surface area contributed by atoms with Crippen LogP contribution in [0.2, 0.25) is 0 Å². The van der Waals surface area contributed by atoms with Crippen molar-refractivity contribution in [2.45, 2.75) is 10.5 Å². The highest BCUT2D eigenvalue weighted by atomic mass is 127. The molecule has 1 unspecified atom stereocenters. The number of hydrazone groups is 1. The maximum atomic E-state index is 3.78. The van der Waals surface area contributed by atoms with Crippen molar-refractivity contribution in [3.63, 3.8) is 0 Å². The summed E-state index contributed by atoms with van der Waals surface area (Å²) in [4.78, 5) is 0. The molecule has 1 aliphatic heterocycles. The number of hydrogen-bond acceptors (Lipinski definition) is 2. The van der Waals surface area contributed by atoms with Crippen LogP contribution in [-0.4, -0.2) is 10.3 Å². The van der Waals surface area contributed by atoms with Crippen LogP contribution in [0.15, 0.2) is 5.10 Å². The minimum absolute atomic E-state index is 0.544. The molecule has 0 aromatic heterocycles. The van der Waals surface area contributed by atoms with Gasteiger partial charge in [-0.3, -0.25) is 5.43 Å². The van der Waals surface area contributed by atoms with Crippen LogP contribution in [0.25, 0.3) is 0 Å². The third-order valence-corrected chi connectivity index (χ3v) is 1.41. The topological polar surface area (TPSA) is 24.4 Å². The zero-order chi connectivity index (χ0) is 4.41. The van der Waals surface area contributed by atoms with Crippen LogP contribution in [0.4, 0.5) is 0 Å². The van der Waals surface area contributed by atoms with Gasteiger partial charge in [-0.15, -0.1) is 0 Å². The smallest absolute Gasteiger partial charge is 0.100 e. The van der Waals surface area contributed by atoms with Gasteiger partial charge in [0.05, 0.1) is 0 Å². The van der Waals surface area contributed by atoms with E-state index in [4.69, 9.17) is 0 Å². The maximum Gasteiger partial charge on any atom is 0.100 e. The molecule has 0 aliphatic carbocycles. The highest BCUT2D eigenvalue weighted by Gasteiger charge is 2.01. The fourth-order valence-electron chi connectivity index (χ4n) is 0.332. The molecule has 0 fully saturated rings. The summed E-state index contributed by atoms with van der Waals surface area (Å²) in [5, 5.41) is 3.78. The number of halogens is 1. The summed E-state index contributed by atoms with van der Waals surface area (Å²) >= 11 is 2.30. The Morgan fingerprint density at radius 2 is 2.83 bits per heavy atom. The Morgan fingerprint density at radius 1 is 2.00 bits per heavy atom. The van der Waals surface area contributed by atoms with Crippen molar-refractivity contribution in [3.05, 3.63) is 0 Å². The summed E-state index contributed by atoms with van der Waals surface area (Å²) in [5.41, 5.74) is 2.88. The van der Waals surface area contributed by atoms with Crippen LogP contribution >= 0.6 is 22.6 Å². The summed E-state index contributed by atoms with van der Waals surface area (Å²) in [5.74, 6) is 0. The molecular weight excluding hydrogens is 191 g/mol. The molecule has 6 heavy (non-hydrogen) atoms. The zero-order valence-electron chi connectivity index (χ0n) is 3.19. The van der Waals surface area contributed by atoms with Crippen molar-refractivity contribution in [1.82, 2.24) is 5.43 Å². The van der Waals surface area contributed by atoms with Gasteiger partial charge in [-0.05, 0) is 0 Å². The Morgan fingerprint density at radius 3 is 3.00 bits per heavy atom. The molecule has 0 aromatic rings. The lowest BCUT2D eigenvalue weighted by Crippen LogP contribution is -2.08. The van der Waals surface area contributed by atoms with Crippen LogP contribution < -0.4 is 5.43 Å². The van der Waals surface area contributed by atoms with Crippen molar-refractivity contribution in [1.29, 1.82) is 0 Å². The van der Waals surface area contributed by atoms with E-state index in [2.05, 4.69) is 33.1 Å². The lowest BCUT2D eigenvalue weighted by molar-refractivity contribution is 0.787. The van der Waals surface area contributed by atoms with Gasteiger partial charge in [0.25, 0.3) is 0 Å². The third kappa shape index (κ3) is 0.830. The van der Waals surface area contributed by atoms with Crippen LogP contribution in [-0.2, 0) is 0 Å². The highest BCUT2D eigenvalue weighted by Crippen LogP contribution is 2.02. The Kier molecular flexibility index (Phi) is 1.29. The molecule has 1 rings (SSSR count). The van der Waals surface area contributed by atoms with Gasteiger partial charge in [0.15, 0.2) is 0 Å². The summed E-state index contributed by atoms with van der Waals surface area (Å²) in [6.45, 7) is 0. The van der Waals surface area contributed by atoms with E-state index >= 15 is 0 Å². The van der Waals surface area contributed by atoms with Crippen molar-refractivity contribution in [2.75, 3.05) is 0 Å². The predicted octanol–water partition coefficient (Wildman–Crippen LogP) is 0.727. The molecule has 0 radical (unpaired) electrons. The van der Waals surface area contributed by atoms with Crippen LogP contribution in [0.5, 0.6) is 0 Å². The average Bonchev–Trinajstić information content (AvgIpc) is 1.86. The maximum absolute atomic E-state index is 3.78. The predicted molar refractivity (Wildman–Crippen MR) is 34.1 cm³/mol. The normalized spacial score (nSPS) is 30.5. The summed E-state index contributed by atoms with van der Waals surface area (Å²) in [6, 6.07) is 0. The second-order valence-corrected chi connectivity index (χ2v) is 2.65. The molecule has 0 saturated heterocycles. The molecule has 0 spiro atoms. The molecule has 34 valence electrons. The molecule has 1 heterocycles. The van der Waals surface area contributed by atoms with Gasteiger partial charge in [0.2, 0.25) is 0 Å². The Labute approximate surface area is 50.1 Å². The van der Waals surface area contributed by atoms with Gasteiger partial charge in [-0.2, -0.15) is 5.10 Å². The van der Waals surface area contributed by atoms with E-state index in [-0.39, 0.29) is 0 Å². The van der Waals surface area contributed by atoms with Gasteiger partial charge < -0.3 is 0 Å². The SMILES string of the molecule is IC1CC=NN1. The van der Waals surface area contributed by atoms with E-state index in [1.807, 2.05) is 6.21 Å². The molecule has 3 heteroatoms. The van der Waals surface area contributed by atoms with Crippen LogP contribution in [0.1, 0.15) is 6.42 Å². The van der Waals surface area contributed by atoms with Crippen LogP contribution in [0, 0.1) is 0 Å². The Balaban J connectivity index is 2.32. The standard InChI is InChI=1S/C3H5IN2/c4-3-1-2-5-6-3/h2-3,6H,1H2. The molecule has 0 saturated carbocycles. The number of nitrogens with zero attached hydrogens (tertiary/aromatic N) is 1. The number of alkyl halides is 1. The van der Waals surface area contributed by atoms with Crippen molar-refractivity contribution in [3.8, 4) is 0 Å². The van der Waals surface area contributed by atoms with Gasteiger partial charge in [0.1, 0.15) is 4.05 Å². The van der Waals surface area contributed by atoms with Gasteiger partial charge in [-0.1, -0.05) is 22.6 Å². The number of hydrogen-bond donors (Lipinski definition) is 1. The monoisotopic (exact) mass is 196 g/mol. The first kappa shape index (κ1) is 4.36. The van der Waals surface area contributed by atoms with Crippen molar-refractivity contribution < 1.29 is 0 Å². The average molecular weight is 196 g/mol. The first-order valence-electron chi connectivity index (χ1n) is 1.81. The Hall–Kier alpha value is 0.200. The van der Waals surface area contributed by atoms with Crippen molar-refractivity contribution in [2.24, 2.45) is 5.10 Å². The molecule has 2 nitrogen and oxygen atoms in total. The summed E-state index contributed by atoms with van der Waals surface area (Å²) < 4.78 is 0.544. The molecule has 0 aromatic carbocycles. The minimum atomic E-state index is 0.544. The van der Waals surface area contributed by atoms with E-state index in [1.54, 1.807) is 0 Å². The van der Waals surface area contributed by atoms with Gasteiger partial charge in [0, 0.05) is 12.6 Å². The fourth-order valence-corrected chi connectivity index (χ4v) is 0.720. The largest absolute Gasteiger partial charge is 0.297 e. The molecule has 1 atom stereocenters. The Bertz CT molecular complexity index is 63.2. The van der Waals surface area contributed by atoms with Crippen molar-refractivity contribution >= 4 is 28.8 Å². The van der Waals surface area contributed by atoms with E-state index in [0.717, 1.165) is 6.42 Å². The first-order chi connectivity index (χ1) is 2.89. The highest BCUT2D eigenvalue weighted by molar-refractivity contribution is 14.1. The lowest BCUT2D eigenvalue weighted by Gasteiger charge is -1.92. The first-order valence-corrected chi connectivity index (χ1v) is 3.05. The number of rotatable bonds is 0. The molecule has 0 amide bonds. The van der Waals surface area contributed by atoms with E-state index < -0.39 is 0 Å². The zero-order valence-corrected chi connectivity index (χ0v) is 5.34. The molecule has 1 N–H and O–H groups in total. The second kappa shape index (κ2) is 1.77. The molecule has 0 bridgehead atoms. The summed E-state index contributed by atoms with van der Waals surface area (Å²) in [7, 11) is 0. The molecule has 1 aliphatic rings. The van der Waals surface area contributed by atoms with Gasteiger partial charge in [-0.25, -0.2) is 0 Å². The quantitative estimate of drug-likeness (QED) is 0.344. The fraction of sp³-hybridized carbons (Fsp3) is 0.667. The lowest BCUT2D eigenvalue weighted by atomic mass is 10.5. The second-order valence-electron chi connectivity index (χ2n) is 1.14. The number of nitrogens with one attached hydrogen (secondary N) is 1. The molecular formula is C3H5IN2. The van der Waals surface area contributed by atoms with E-state index in [1.165, 1.54) is 0 Å². The third-order valence-electron chi connectivity index (χ3n) is 0.618. The summed E-state index contributed by atoms with van der Waals surface area (Å²) in [6.07, 6.45) is 2.96.